The molecule has 1 aliphatic heterocycles. The van der Waals surface area contributed by atoms with Crippen LogP contribution in [0, 0.1) is 0 Å². The van der Waals surface area contributed by atoms with Gasteiger partial charge in [0.05, 0.1) is 18.1 Å². The molecule has 112 valence electrons. The van der Waals surface area contributed by atoms with Crippen LogP contribution in [0.3, 0.4) is 0 Å². The predicted molar refractivity (Wildman–Crippen MR) is 82.1 cm³/mol. The Morgan fingerprint density at radius 1 is 1.25 bits per heavy atom. The third-order valence-corrected chi connectivity index (χ3v) is 5.02. The second-order valence-corrected chi connectivity index (χ2v) is 7.40. The van der Waals surface area contributed by atoms with Gasteiger partial charge < -0.3 is 15.4 Å². The molecule has 2 N–H and O–H groups in total. The number of rotatable bonds is 4. The van der Waals surface area contributed by atoms with Crippen LogP contribution in [0.5, 0.6) is 5.75 Å². The lowest BCUT2D eigenvalue weighted by Crippen LogP contribution is -2.26. The van der Waals surface area contributed by atoms with Gasteiger partial charge in [0.25, 0.3) is 0 Å². The van der Waals surface area contributed by atoms with Crippen molar-refractivity contribution in [2.45, 2.75) is 19.8 Å². The number of benzene rings is 1. The molecule has 1 heterocycles. The predicted octanol–water partition coefficient (Wildman–Crippen LogP) is 1.68. The van der Waals surface area contributed by atoms with Gasteiger partial charge in [0.15, 0.2) is 9.84 Å². The van der Waals surface area contributed by atoms with Gasteiger partial charge in [-0.05, 0) is 18.9 Å². The molecule has 0 amide bonds. The van der Waals surface area contributed by atoms with Crippen molar-refractivity contribution in [2.75, 3.05) is 41.8 Å². The first-order chi connectivity index (χ1) is 9.50. The highest BCUT2D eigenvalue weighted by atomic mass is 32.2. The van der Waals surface area contributed by atoms with Crippen LogP contribution >= 0.6 is 0 Å². The Kier molecular flexibility index (Phi) is 4.75. The zero-order valence-corrected chi connectivity index (χ0v) is 12.7. The summed E-state index contributed by atoms with van der Waals surface area (Å²) >= 11 is 0. The van der Waals surface area contributed by atoms with E-state index in [0.29, 0.717) is 25.3 Å². The second kappa shape index (κ2) is 6.35. The molecule has 1 aliphatic rings. The standard InChI is InChI=1S/C14H22N2O3S/c1-2-6-19-14-10-12(15)9-13(11-14)16-4-3-7-20(17,18)8-5-16/h9-11H,2-8,15H2,1H3. The first kappa shape index (κ1) is 15.0. The number of ether oxygens (including phenoxy) is 1. The summed E-state index contributed by atoms with van der Waals surface area (Å²) in [6.07, 6.45) is 1.59. The topological polar surface area (TPSA) is 72.6 Å². The highest BCUT2D eigenvalue weighted by Crippen LogP contribution is 2.26. The maximum atomic E-state index is 11.6. The summed E-state index contributed by atoms with van der Waals surface area (Å²) < 4.78 is 28.9. The minimum Gasteiger partial charge on any atom is -0.493 e. The zero-order valence-electron chi connectivity index (χ0n) is 11.8. The lowest BCUT2D eigenvalue weighted by Gasteiger charge is -2.23. The van der Waals surface area contributed by atoms with Crippen LogP contribution < -0.4 is 15.4 Å². The van der Waals surface area contributed by atoms with Crippen molar-refractivity contribution in [2.24, 2.45) is 0 Å². The largest absolute Gasteiger partial charge is 0.493 e. The highest BCUT2D eigenvalue weighted by Gasteiger charge is 2.19. The SMILES string of the molecule is CCCOc1cc(N)cc(N2CCCS(=O)(=O)CC2)c1. The molecule has 0 saturated carbocycles. The molecule has 0 spiro atoms. The molecule has 6 heteroatoms. The Labute approximate surface area is 120 Å². The molecule has 0 unspecified atom stereocenters. The number of sulfone groups is 1. The Balaban J connectivity index is 2.17. The van der Waals surface area contributed by atoms with E-state index >= 15 is 0 Å². The molecular weight excluding hydrogens is 276 g/mol. The number of anilines is 2. The smallest absolute Gasteiger partial charge is 0.152 e. The summed E-state index contributed by atoms with van der Waals surface area (Å²) in [4.78, 5) is 2.07. The van der Waals surface area contributed by atoms with Crippen LogP contribution in [0.4, 0.5) is 11.4 Å². The number of hydrogen-bond donors (Lipinski definition) is 1. The monoisotopic (exact) mass is 298 g/mol. The van der Waals surface area contributed by atoms with Crippen molar-refractivity contribution in [1.82, 2.24) is 0 Å². The zero-order chi connectivity index (χ0) is 14.6. The first-order valence-electron chi connectivity index (χ1n) is 6.99. The van der Waals surface area contributed by atoms with E-state index in [-0.39, 0.29) is 11.5 Å². The number of nitrogen functional groups attached to an aromatic ring is 1. The molecule has 1 aromatic carbocycles. The van der Waals surface area contributed by atoms with Crippen molar-refractivity contribution in [3.05, 3.63) is 18.2 Å². The molecule has 1 saturated heterocycles. The number of hydrogen-bond acceptors (Lipinski definition) is 5. The first-order valence-corrected chi connectivity index (χ1v) is 8.81. The maximum absolute atomic E-state index is 11.6. The van der Waals surface area contributed by atoms with Gasteiger partial charge in [-0.3, -0.25) is 0 Å². The highest BCUT2D eigenvalue weighted by molar-refractivity contribution is 7.91. The van der Waals surface area contributed by atoms with Crippen molar-refractivity contribution in [3.8, 4) is 5.75 Å². The van der Waals surface area contributed by atoms with E-state index < -0.39 is 9.84 Å². The molecule has 0 aliphatic carbocycles. The Hall–Kier alpha value is -1.43. The molecule has 0 bridgehead atoms. The van der Waals surface area contributed by atoms with Gasteiger partial charge in [-0.2, -0.15) is 0 Å². The molecule has 0 radical (unpaired) electrons. The molecule has 20 heavy (non-hydrogen) atoms. The van der Waals surface area contributed by atoms with Crippen molar-refractivity contribution in [3.63, 3.8) is 0 Å². The number of nitrogens with two attached hydrogens (primary N) is 1. The fourth-order valence-corrected chi connectivity index (χ4v) is 3.56. The van der Waals surface area contributed by atoms with Gasteiger partial charge in [-0.25, -0.2) is 8.42 Å². The fourth-order valence-electron chi connectivity index (χ4n) is 2.29. The van der Waals surface area contributed by atoms with E-state index in [1.807, 2.05) is 19.1 Å². The Bertz CT molecular complexity index is 558. The quantitative estimate of drug-likeness (QED) is 0.856. The molecular formula is C14H22N2O3S. The summed E-state index contributed by atoms with van der Waals surface area (Å²) in [6.45, 7) is 3.94. The molecule has 0 aromatic heterocycles. The molecule has 0 atom stereocenters. The van der Waals surface area contributed by atoms with Gasteiger partial charge in [0.1, 0.15) is 5.75 Å². The van der Waals surface area contributed by atoms with E-state index in [1.165, 1.54) is 0 Å². The lowest BCUT2D eigenvalue weighted by molar-refractivity contribution is 0.317. The fraction of sp³-hybridized carbons (Fsp3) is 0.571. The minimum atomic E-state index is -2.90. The number of nitrogens with zero attached hydrogens (tertiary/aromatic N) is 1. The van der Waals surface area contributed by atoms with Crippen LogP contribution in [0.15, 0.2) is 18.2 Å². The normalized spacial score (nSPS) is 18.6. The molecule has 1 aromatic rings. The molecule has 2 rings (SSSR count). The van der Waals surface area contributed by atoms with Gasteiger partial charge >= 0.3 is 0 Å². The van der Waals surface area contributed by atoms with Gasteiger partial charge in [-0.15, -0.1) is 0 Å². The average Bonchev–Trinajstić information content (AvgIpc) is 2.57. The maximum Gasteiger partial charge on any atom is 0.152 e. The van der Waals surface area contributed by atoms with Crippen molar-refractivity contribution >= 4 is 21.2 Å². The Morgan fingerprint density at radius 2 is 2.05 bits per heavy atom. The van der Waals surface area contributed by atoms with E-state index in [1.54, 1.807) is 6.07 Å². The molecule has 5 nitrogen and oxygen atoms in total. The van der Waals surface area contributed by atoms with E-state index in [2.05, 4.69) is 4.90 Å². The Morgan fingerprint density at radius 3 is 2.80 bits per heavy atom. The summed E-state index contributed by atoms with van der Waals surface area (Å²) in [5.41, 5.74) is 7.48. The molecule has 1 fully saturated rings. The van der Waals surface area contributed by atoms with Crippen LogP contribution in [0.25, 0.3) is 0 Å². The van der Waals surface area contributed by atoms with Crippen LogP contribution in [-0.4, -0.2) is 39.6 Å². The van der Waals surface area contributed by atoms with Crippen LogP contribution in [-0.2, 0) is 9.84 Å². The lowest BCUT2D eigenvalue weighted by atomic mass is 10.2. The van der Waals surface area contributed by atoms with Gasteiger partial charge in [0, 0.05) is 36.6 Å². The second-order valence-electron chi connectivity index (χ2n) is 5.10. The summed E-state index contributed by atoms with van der Waals surface area (Å²) in [5, 5.41) is 0. The van der Waals surface area contributed by atoms with Crippen LogP contribution in [0.2, 0.25) is 0 Å². The van der Waals surface area contributed by atoms with Crippen molar-refractivity contribution < 1.29 is 13.2 Å². The average molecular weight is 298 g/mol. The van der Waals surface area contributed by atoms with Gasteiger partial charge in [-0.1, -0.05) is 6.92 Å². The summed E-state index contributed by atoms with van der Waals surface area (Å²) in [5.74, 6) is 1.21. The third kappa shape index (κ3) is 4.03. The van der Waals surface area contributed by atoms with Crippen LogP contribution in [0.1, 0.15) is 19.8 Å². The minimum absolute atomic E-state index is 0.201. The van der Waals surface area contributed by atoms with E-state index in [9.17, 15) is 8.42 Å². The third-order valence-electron chi connectivity index (χ3n) is 3.31. The summed E-state index contributed by atoms with van der Waals surface area (Å²) in [7, 11) is -2.90. The van der Waals surface area contributed by atoms with E-state index in [0.717, 1.165) is 24.4 Å². The van der Waals surface area contributed by atoms with Gasteiger partial charge in [0.2, 0.25) is 0 Å². The van der Waals surface area contributed by atoms with Crippen molar-refractivity contribution in [1.29, 1.82) is 0 Å². The summed E-state index contributed by atoms with van der Waals surface area (Å²) in [6, 6.07) is 5.61. The van der Waals surface area contributed by atoms with E-state index in [4.69, 9.17) is 10.5 Å².